The summed E-state index contributed by atoms with van der Waals surface area (Å²) in [6, 6.07) is 11.0. The molecule has 0 spiro atoms. The van der Waals surface area contributed by atoms with Gasteiger partial charge < -0.3 is 20.2 Å². The molecule has 3 unspecified atom stereocenters. The van der Waals surface area contributed by atoms with Gasteiger partial charge in [0.25, 0.3) is 0 Å². The average molecular weight is 488 g/mol. The Balaban J connectivity index is 1.63. The molecule has 0 bridgehead atoms. The zero-order valence-corrected chi connectivity index (χ0v) is 21.2. The summed E-state index contributed by atoms with van der Waals surface area (Å²) >= 11 is 1.29. The van der Waals surface area contributed by atoms with E-state index in [1.165, 1.54) is 11.3 Å². The first-order valence-electron chi connectivity index (χ1n) is 12.1. The minimum Gasteiger partial charge on any atom is -0.477 e. The van der Waals surface area contributed by atoms with Crippen LogP contribution in [0.5, 0.6) is 0 Å². The molecule has 3 atom stereocenters. The molecule has 1 aliphatic heterocycles. The van der Waals surface area contributed by atoms with Crippen LogP contribution in [0.2, 0.25) is 0 Å². The van der Waals surface area contributed by atoms with Crippen LogP contribution in [0.1, 0.15) is 85.5 Å². The third-order valence-electron chi connectivity index (χ3n) is 6.57. The summed E-state index contributed by atoms with van der Waals surface area (Å²) < 4.78 is 0. The van der Waals surface area contributed by atoms with Crippen LogP contribution in [0, 0.1) is 11.3 Å². The highest BCUT2D eigenvalue weighted by atomic mass is 32.1. The Kier molecular flexibility index (Phi) is 8.90. The molecule has 0 radical (unpaired) electrons. The normalized spacial score (nSPS) is 19.6. The number of aliphatic hydroxyl groups excluding tert-OH is 2. The third kappa shape index (κ3) is 6.90. The van der Waals surface area contributed by atoms with Gasteiger partial charge in [-0.25, -0.2) is 4.79 Å². The number of hydrogen-bond donors (Lipinski definition) is 3. The van der Waals surface area contributed by atoms with Gasteiger partial charge in [0, 0.05) is 35.6 Å². The Bertz CT molecular complexity index is 962. The lowest BCUT2D eigenvalue weighted by molar-refractivity contribution is -0.117. The van der Waals surface area contributed by atoms with Crippen molar-refractivity contribution < 1.29 is 24.9 Å². The van der Waals surface area contributed by atoms with Crippen molar-refractivity contribution in [3.63, 3.8) is 0 Å². The molecule has 6 nitrogen and oxygen atoms in total. The Hall–Kier alpha value is -2.22. The number of rotatable bonds is 11. The second kappa shape index (κ2) is 11.5. The van der Waals surface area contributed by atoms with Crippen molar-refractivity contribution in [3.8, 4) is 0 Å². The molecule has 0 saturated carbocycles. The number of carboxylic acid groups (broad SMARTS) is 1. The number of nitrogens with zero attached hydrogens (tertiary/aromatic N) is 1. The number of amides is 1. The van der Waals surface area contributed by atoms with E-state index in [-0.39, 0.29) is 29.9 Å². The number of anilines is 1. The predicted molar refractivity (Wildman–Crippen MR) is 135 cm³/mol. The van der Waals surface area contributed by atoms with Crippen molar-refractivity contribution in [2.24, 2.45) is 11.3 Å². The molecular formula is C27H37NO5S. The minimum absolute atomic E-state index is 0.00631. The largest absolute Gasteiger partial charge is 0.477 e. The Morgan fingerprint density at radius 3 is 2.44 bits per heavy atom. The molecule has 3 N–H and O–H groups in total. The second-order valence-corrected chi connectivity index (χ2v) is 11.7. The highest BCUT2D eigenvalue weighted by molar-refractivity contribution is 7.13. The number of aryl methyl sites for hydroxylation is 1. The summed E-state index contributed by atoms with van der Waals surface area (Å²) in [6.07, 6.45) is 4.79. The highest BCUT2D eigenvalue weighted by Crippen LogP contribution is 2.35. The van der Waals surface area contributed by atoms with Gasteiger partial charge in [-0.2, -0.15) is 0 Å². The van der Waals surface area contributed by atoms with Gasteiger partial charge in [0.2, 0.25) is 5.91 Å². The highest BCUT2D eigenvalue weighted by Gasteiger charge is 2.39. The zero-order chi connectivity index (χ0) is 24.9. The lowest BCUT2D eigenvalue weighted by Gasteiger charge is -2.28. The first-order chi connectivity index (χ1) is 16.1. The topological polar surface area (TPSA) is 98.1 Å². The first-order valence-corrected chi connectivity index (χ1v) is 12.9. The van der Waals surface area contributed by atoms with E-state index < -0.39 is 12.1 Å². The monoisotopic (exact) mass is 487 g/mol. The number of carbonyl (C=O) groups is 2. The zero-order valence-electron chi connectivity index (χ0n) is 20.4. The quantitative estimate of drug-likeness (QED) is 0.392. The van der Waals surface area contributed by atoms with Crippen molar-refractivity contribution in [3.05, 3.63) is 51.7 Å². The van der Waals surface area contributed by atoms with E-state index in [4.69, 9.17) is 5.11 Å². The molecule has 2 aromatic rings. The van der Waals surface area contributed by atoms with Crippen LogP contribution in [0.3, 0.4) is 0 Å². The molecule has 0 aliphatic carbocycles. The minimum atomic E-state index is -0.910. The van der Waals surface area contributed by atoms with Gasteiger partial charge in [-0.05, 0) is 67.3 Å². The maximum atomic E-state index is 12.8. The first kappa shape index (κ1) is 26.4. The van der Waals surface area contributed by atoms with Gasteiger partial charge >= 0.3 is 5.97 Å². The van der Waals surface area contributed by atoms with Crippen LogP contribution in [0.25, 0.3) is 0 Å². The van der Waals surface area contributed by atoms with Crippen molar-refractivity contribution in [2.45, 2.75) is 77.9 Å². The fourth-order valence-electron chi connectivity index (χ4n) is 4.70. The summed E-state index contributed by atoms with van der Waals surface area (Å²) in [5.74, 6) is -1.02. The third-order valence-corrected chi connectivity index (χ3v) is 7.70. The molecule has 1 aromatic heterocycles. The summed E-state index contributed by atoms with van der Waals surface area (Å²) in [4.78, 5) is 27.1. The van der Waals surface area contributed by atoms with E-state index >= 15 is 0 Å². The van der Waals surface area contributed by atoms with Crippen molar-refractivity contribution in [1.82, 2.24) is 0 Å². The van der Waals surface area contributed by atoms with Gasteiger partial charge in [-0.15, -0.1) is 11.3 Å². The number of aliphatic hydroxyl groups is 2. The molecule has 1 fully saturated rings. The van der Waals surface area contributed by atoms with Crippen molar-refractivity contribution in [1.29, 1.82) is 0 Å². The molecule has 1 aliphatic rings. The standard InChI is InChI=1S/C27H37NO5S/c1-27(2,3)15-5-8-23(30)18-9-11-20(12-10-18)28-22(19(17-29)16-25(28)31)7-4-6-21-13-14-24(34-21)26(32)33/h9-14,19,22-23,29-30H,4-8,15-17H2,1-3H3,(H,32,33). The predicted octanol–water partition coefficient (Wildman–Crippen LogP) is 5.43. The smallest absolute Gasteiger partial charge is 0.345 e. The maximum Gasteiger partial charge on any atom is 0.345 e. The van der Waals surface area contributed by atoms with Gasteiger partial charge in [-0.1, -0.05) is 39.3 Å². The van der Waals surface area contributed by atoms with E-state index in [1.807, 2.05) is 30.3 Å². The molecule has 1 saturated heterocycles. The number of aromatic carboxylic acids is 1. The number of hydrogen-bond acceptors (Lipinski definition) is 5. The Morgan fingerprint density at radius 1 is 1.15 bits per heavy atom. The lowest BCUT2D eigenvalue weighted by atomic mass is 9.88. The molecule has 1 aromatic carbocycles. The van der Waals surface area contributed by atoms with Gasteiger partial charge in [0.05, 0.1) is 6.10 Å². The van der Waals surface area contributed by atoms with Gasteiger partial charge in [0.15, 0.2) is 0 Å². The number of thiophene rings is 1. The number of carboxylic acids is 1. The van der Waals surface area contributed by atoms with Crippen LogP contribution in [0.15, 0.2) is 36.4 Å². The van der Waals surface area contributed by atoms with Crippen LogP contribution >= 0.6 is 11.3 Å². The molecule has 34 heavy (non-hydrogen) atoms. The molecular weight excluding hydrogens is 450 g/mol. The Morgan fingerprint density at radius 2 is 1.85 bits per heavy atom. The average Bonchev–Trinajstić information content (AvgIpc) is 3.37. The van der Waals surface area contributed by atoms with Crippen LogP contribution in [-0.2, 0) is 11.2 Å². The van der Waals surface area contributed by atoms with E-state index in [2.05, 4.69) is 20.8 Å². The molecule has 7 heteroatoms. The van der Waals surface area contributed by atoms with Crippen molar-refractivity contribution in [2.75, 3.05) is 11.5 Å². The van der Waals surface area contributed by atoms with Crippen molar-refractivity contribution >= 4 is 28.9 Å². The van der Waals surface area contributed by atoms with E-state index in [1.54, 1.807) is 11.0 Å². The number of carbonyl (C=O) groups excluding carboxylic acids is 1. The maximum absolute atomic E-state index is 12.8. The molecule has 1 amide bonds. The van der Waals surface area contributed by atoms with Crippen LogP contribution in [-0.4, -0.2) is 39.8 Å². The number of benzene rings is 1. The van der Waals surface area contributed by atoms with E-state index in [0.29, 0.717) is 17.7 Å². The molecule has 186 valence electrons. The summed E-state index contributed by atoms with van der Waals surface area (Å²) in [7, 11) is 0. The lowest BCUT2D eigenvalue weighted by Crippen LogP contribution is -2.36. The fourth-order valence-corrected chi connectivity index (χ4v) is 5.59. The second-order valence-electron chi connectivity index (χ2n) is 10.5. The van der Waals surface area contributed by atoms with Gasteiger partial charge in [-0.3, -0.25) is 4.79 Å². The summed E-state index contributed by atoms with van der Waals surface area (Å²) in [5.41, 5.74) is 1.90. The van der Waals surface area contributed by atoms with Crippen LogP contribution in [0.4, 0.5) is 5.69 Å². The van der Waals surface area contributed by atoms with E-state index in [0.717, 1.165) is 48.2 Å². The fraction of sp³-hybridized carbons (Fsp3) is 0.556. The van der Waals surface area contributed by atoms with Crippen LogP contribution < -0.4 is 4.90 Å². The summed E-state index contributed by atoms with van der Waals surface area (Å²) in [5, 5.41) is 29.6. The SMILES string of the molecule is CC(C)(C)CCCC(O)c1ccc(N2C(=O)CC(CO)C2CCCc2ccc(C(=O)O)s2)cc1. The summed E-state index contributed by atoms with van der Waals surface area (Å²) in [6.45, 7) is 6.56. The Labute approximate surface area is 206 Å². The molecule has 3 rings (SSSR count). The van der Waals surface area contributed by atoms with Gasteiger partial charge in [0.1, 0.15) is 4.88 Å². The molecule has 2 heterocycles. The van der Waals surface area contributed by atoms with E-state index in [9.17, 15) is 19.8 Å².